The first-order chi connectivity index (χ1) is 9.16. The molecule has 1 aromatic carbocycles. The lowest BCUT2D eigenvalue weighted by Crippen LogP contribution is -2.20. The molecule has 0 fully saturated rings. The topological polar surface area (TPSA) is 70.2 Å². The quantitative estimate of drug-likeness (QED) is 0.781. The number of carbonyl (C=O) groups is 2. The Kier molecular flexibility index (Phi) is 4.13. The van der Waals surface area contributed by atoms with Crippen molar-refractivity contribution in [3.8, 4) is 0 Å². The van der Waals surface area contributed by atoms with Gasteiger partial charge in [-0.1, -0.05) is 30.3 Å². The maximum Gasteiger partial charge on any atom is 0.307 e. The normalized spacial score (nSPS) is 12.0. The highest BCUT2D eigenvalue weighted by Gasteiger charge is 2.22. The van der Waals surface area contributed by atoms with Crippen molar-refractivity contribution in [2.24, 2.45) is 5.92 Å². The number of rotatable bonds is 6. The molecule has 0 saturated heterocycles. The van der Waals surface area contributed by atoms with Crippen LogP contribution in [0, 0.1) is 5.92 Å². The van der Waals surface area contributed by atoms with Crippen LogP contribution in [0.5, 0.6) is 0 Å². The van der Waals surface area contributed by atoms with E-state index >= 15 is 0 Å². The van der Waals surface area contributed by atoms with Gasteiger partial charge in [0.05, 0.1) is 11.6 Å². The predicted octanol–water partition coefficient (Wildman–Crippen LogP) is 2.53. The van der Waals surface area contributed by atoms with E-state index in [2.05, 4.69) is 4.98 Å². The van der Waals surface area contributed by atoms with Crippen molar-refractivity contribution in [1.82, 2.24) is 4.98 Å². The molecular weight excluding hydrogens is 242 g/mol. The molecule has 1 aromatic heterocycles. The Balaban J connectivity index is 2.05. The summed E-state index contributed by atoms with van der Waals surface area (Å²) in [7, 11) is 0. The molecule has 2 aromatic rings. The molecule has 0 aliphatic rings. The molecule has 0 spiro atoms. The molecule has 0 bridgehead atoms. The van der Waals surface area contributed by atoms with Crippen LogP contribution in [0.15, 0.2) is 48.7 Å². The fraction of sp³-hybridized carbons (Fsp3) is 0.200. The minimum Gasteiger partial charge on any atom is -0.481 e. The number of H-pyrrole nitrogens is 1. The van der Waals surface area contributed by atoms with E-state index in [9.17, 15) is 14.7 Å². The van der Waals surface area contributed by atoms with Gasteiger partial charge in [-0.2, -0.15) is 0 Å². The summed E-state index contributed by atoms with van der Waals surface area (Å²) < 4.78 is 0. The number of hydrogen-bond donors (Lipinski definition) is 2. The van der Waals surface area contributed by atoms with Crippen LogP contribution in [0.2, 0.25) is 0 Å². The molecule has 0 amide bonds. The number of Topliss-reactive ketones (excluding diaryl/α,β-unsaturated/α-hetero) is 1. The monoisotopic (exact) mass is 257 g/mol. The molecule has 4 nitrogen and oxygen atoms in total. The highest BCUT2D eigenvalue weighted by Crippen LogP contribution is 2.15. The summed E-state index contributed by atoms with van der Waals surface area (Å²) in [5.74, 6) is -1.81. The second-order valence-electron chi connectivity index (χ2n) is 4.44. The van der Waals surface area contributed by atoms with Crippen molar-refractivity contribution in [3.05, 3.63) is 59.9 Å². The Morgan fingerprint density at radius 2 is 1.84 bits per heavy atom. The predicted molar refractivity (Wildman–Crippen MR) is 71.0 cm³/mol. The number of hydrogen-bond acceptors (Lipinski definition) is 2. The largest absolute Gasteiger partial charge is 0.481 e. The lowest BCUT2D eigenvalue weighted by atomic mass is 9.93. The summed E-state index contributed by atoms with van der Waals surface area (Å²) in [6.07, 6.45) is 2.02. The number of ketones is 1. The molecule has 0 radical (unpaired) electrons. The second-order valence-corrected chi connectivity index (χ2v) is 4.44. The summed E-state index contributed by atoms with van der Waals surface area (Å²) in [5, 5.41) is 9.22. The van der Waals surface area contributed by atoms with Gasteiger partial charge in [0.2, 0.25) is 0 Å². The summed E-state index contributed by atoms with van der Waals surface area (Å²) in [4.78, 5) is 26.0. The first-order valence-electron chi connectivity index (χ1n) is 6.10. The molecule has 4 heteroatoms. The minimum absolute atomic E-state index is 0.00470. The average Bonchev–Trinajstić information content (AvgIpc) is 2.93. The Morgan fingerprint density at radius 1 is 1.11 bits per heavy atom. The van der Waals surface area contributed by atoms with Gasteiger partial charge in [0.25, 0.3) is 0 Å². The third kappa shape index (κ3) is 3.55. The van der Waals surface area contributed by atoms with E-state index in [0.717, 1.165) is 5.56 Å². The van der Waals surface area contributed by atoms with Crippen LogP contribution in [0.4, 0.5) is 0 Å². The first kappa shape index (κ1) is 13.1. The molecular formula is C15H15NO3. The number of nitrogens with one attached hydrogen (secondary N) is 1. The van der Waals surface area contributed by atoms with Crippen LogP contribution in [-0.2, 0) is 11.2 Å². The second kappa shape index (κ2) is 6.00. The first-order valence-corrected chi connectivity index (χ1v) is 6.10. The number of aromatic nitrogens is 1. The van der Waals surface area contributed by atoms with Gasteiger partial charge in [-0.05, 0) is 24.1 Å². The van der Waals surface area contributed by atoms with Crippen molar-refractivity contribution in [1.29, 1.82) is 0 Å². The zero-order valence-electron chi connectivity index (χ0n) is 10.4. The van der Waals surface area contributed by atoms with Crippen LogP contribution in [-0.4, -0.2) is 21.8 Å². The van der Waals surface area contributed by atoms with Crippen molar-refractivity contribution in [2.45, 2.75) is 12.8 Å². The molecule has 1 atom stereocenters. The SMILES string of the molecule is O=C(CC(Cc1ccccc1)C(=O)O)c1ccc[nH]1. The van der Waals surface area contributed by atoms with Crippen molar-refractivity contribution < 1.29 is 14.7 Å². The van der Waals surface area contributed by atoms with E-state index in [1.807, 2.05) is 30.3 Å². The van der Waals surface area contributed by atoms with Crippen molar-refractivity contribution in [3.63, 3.8) is 0 Å². The number of benzene rings is 1. The summed E-state index contributed by atoms with van der Waals surface area (Å²) in [5.41, 5.74) is 1.38. The van der Waals surface area contributed by atoms with E-state index in [4.69, 9.17) is 0 Å². The number of carboxylic acid groups (broad SMARTS) is 1. The van der Waals surface area contributed by atoms with Crippen LogP contribution in [0.3, 0.4) is 0 Å². The highest BCUT2D eigenvalue weighted by molar-refractivity contribution is 5.96. The Labute approximate surface area is 111 Å². The highest BCUT2D eigenvalue weighted by atomic mass is 16.4. The van der Waals surface area contributed by atoms with Gasteiger partial charge in [0.1, 0.15) is 0 Å². The van der Waals surface area contributed by atoms with Gasteiger partial charge in [0, 0.05) is 12.6 Å². The van der Waals surface area contributed by atoms with Gasteiger partial charge in [-0.15, -0.1) is 0 Å². The van der Waals surface area contributed by atoms with Crippen LogP contribution in [0.25, 0.3) is 0 Å². The molecule has 0 saturated carbocycles. The third-order valence-corrected chi connectivity index (χ3v) is 3.00. The summed E-state index contributed by atoms with van der Waals surface area (Å²) >= 11 is 0. The Hall–Kier alpha value is -2.36. The van der Waals surface area contributed by atoms with E-state index in [0.29, 0.717) is 12.1 Å². The van der Waals surface area contributed by atoms with Crippen LogP contribution >= 0.6 is 0 Å². The molecule has 0 aliphatic heterocycles. The van der Waals surface area contributed by atoms with Gasteiger partial charge >= 0.3 is 5.97 Å². The zero-order valence-corrected chi connectivity index (χ0v) is 10.4. The van der Waals surface area contributed by atoms with Crippen molar-refractivity contribution in [2.75, 3.05) is 0 Å². The lowest BCUT2D eigenvalue weighted by molar-refractivity contribution is -0.141. The molecule has 2 N–H and O–H groups in total. The summed E-state index contributed by atoms with van der Waals surface area (Å²) in [6.45, 7) is 0. The standard InChI is InChI=1S/C15H15NO3/c17-14(13-7-4-8-16-13)10-12(15(18)19)9-11-5-2-1-3-6-11/h1-8,12,16H,9-10H2,(H,18,19). The Morgan fingerprint density at radius 3 is 2.42 bits per heavy atom. The maximum absolute atomic E-state index is 11.9. The van der Waals surface area contributed by atoms with E-state index < -0.39 is 11.9 Å². The van der Waals surface area contributed by atoms with Crippen LogP contribution < -0.4 is 0 Å². The number of carbonyl (C=O) groups excluding carboxylic acids is 1. The number of aromatic amines is 1. The van der Waals surface area contributed by atoms with E-state index in [1.54, 1.807) is 18.3 Å². The zero-order chi connectivity index (χ0) is 13.7. The van der Waals surface area contributed by atoms with Gasteiger partial charge in [0.15, 0.2) is 5.78 Å². The summed E-state index contributed by atoms with van der Waals surface area (Å²) in [6, 6.07) is 12.7. The van der Waals surface area contributed by atoms with Gasteiger partial charge in [-0.3, -0.25) is 9.59 Å². The number of aliphatic carboxylic acids is 1. The fourth-order valence-corrected chi connectivity index (χ4v) is 1.98. The maximum atomic E-state index is 11.9. The van der Waals surface area contributed by atoms with Crippen LogP contribution in [0.1, 0.15) is 22.5 Å². The molecule has 2 rings (SSSR count). The molecule has 0 aliphatic carbocycles. The molecule has 98 valence electrons. The van der Waals surface area contributed by atoms with Gasteiger partial charge in [-0.25, -0.2) is 0 Å². The smallest absolute Gasteiger partial charge is 0.307 e. The van der Waals surface area contributed by atoms with E-state index in [1.165, 1.54) is 0 Å². The minimum atomic E-state index is -0.941. The van der Waals surface area contributed by atoms with Gasteiger partial charge < -0.3 is 10.1 Å². The Bertz CT molecular complexity index is 546. The average molecular weight is 257 g/mol. The molecule has 1 heterocycles. The van der Waals surface area contributed by atoms with E-state index in [-0.39, 0.29) is 12.2 Å². The lowest BCUT2D eigenvalue weighted by Gasteiger charge is -2.11. The third-order valence-electron chi connectivity index (χ3n) is 3.00. The molecule has 1 unspecified atom stereocenters. The fourth-order valence-electron chi connectivity index (χ4n) is 1.98. The van der Waals surface area contributed by atoms with Crippen molar-refractivity contribution >= 4 is 11.8 Å². The number of carboxylic acids is 1. The molecule has 19 heavy (non-hydrogen) atoms.